The lowest BCUT2D eigenvalue weighted by molar-refractivity contribution is -0.138. The third-order valence-electron chi connectivity index (χ3n) is 3.01. The molecule has 112 valence electrons. The smallest absolute Gasteiger partial charge is 0.312 e. The molecule has 0 aliphatic carbocycles. The second kappa shape index (κ2) is 6.67. The van der Waals surface area contributed by atoms with E-state index >= 15 is 0 Å². The summed E-state index contributed by atoms with van der Waals surface area (Å²) in [5.41, 5.74) is 0.103. The number of benzene rings is 1. The third kappa shape index (κ3) is 4.53. The largest absolute Gasteiger partial charge is 0.416 e. The summed E-state index contributed by atoms with van der Waals surface area (Å²) in [5, 5.41) is 2.93. The molecule has 0 aliphatic heterocycles. The Hall–Kier alpha value is -1.95. The van der Waals surface area contributed by atoms with Crippen molar-refractivity contribution in [3.05, 3.63) is 65.2 Å². The zero-order chi connectivity index (χ0) is 15.3. The zero-order valence-corrected chi connectivity index (χ0v) is 11.1. The topological polar surface area (TPSA) is 24.9 Å². The summed E-state index contributed by atoms with van der Waals surface area (Å²) in [4.78, 5) is 3.96. The van der Waals surface area contributed by atoms with E-state index in [1.165, 1.54) is 0 Å². The average molecular weight is 298 g/mol. The van der Waals surface area contributed by atoms with E-state index in [1.54, 1.807) is 18.5 Å². The van der Waals surface area contributed by atoms with Gasteiger partial charge < -0.3 is 5.32 Å². The van der Waals surface area contributed by atoms with Crippen molar-refractivity contribution in [2.75, 3.05) is 6.54 Å². The van der Waals surface area contributed by atoms with Gasteiger partial charge in [0.2, 0.25) is 0 Å². The maximum atomic E-state index is 13.0. The highest BCUT2D eigenvalue weighted by molar-refractivity contribution is 5.30. The maximum Gasteiger partial charge on any atom is 0.416 e. The van der Waals surface area contributed by atoms with Crippen LogP contribution in [0.1, 0.15) is 16.7 Å². The molecule has 0 saturated carbocycles. The fraction of sp³-hybridized carbons (Fsp3) is 0.267. The molecule has 0 atom stereocenters. The molecule has 21 heavy (non-hydrogen) atoms. The molecule has 2 nitrogen and oxygen atoms in total. The van der Waals surface area contributed by atoms with E-state index in [2.05, 4.69) is 10.3 Å². The summed E-state index contributed by atoms with van der Waals surface area (Å²) in [6.07, 6.45) is -0.523. The number of hydrogen-bond donors (Lipinski definition) is 1. The molecule has 2 aromatic rings. The van der Waals surface area contributed by atoms with Crippen molar-refractivity contribution in [1.82, 2.24) is 10.3 Å². The van der Waals surface area contributed by atoms with Crippen molar-refractivity contribution in [2.45, 2.75) is 19.1 Å². The van der Waals surface area contributed by atoms with Crippen molar-refractivity contribution >= 4 is 0 Å². The van der Waals surface area contributed by atoms with Crippen molar-refractivity contribution in [3.63, 3.8) is 0 Å². The molecule has 1 N–H and O–H groups in total. The Labute approximate surface area is 119 Å². The Kier molecular flexibility index (Phi) is 4.90. The second-order valence-electron chi connectivity index (χ2n) is 4.59. The highest BCUT2D eigenvalue weighted by Crippen LogP contribution is 2.32. The van der Waals surface area contributed by atoms with Crippen LogP contribution in [0.2, 0.25) is 0 Å². The predicted molar refractivity (Wildman–Crippen MR) is 71.0 cm³/mol. The van der Waals surface area contributed by atoms with Crippen molar-refractivity contribution in [2.24, 2.45) is 0 Å². The third-order valence-corrected chi connectivity index (χ3v) is 3.01. The summed E-state index contributed by atoms with van der Waals surface area (Å²) in [6, 6.07) is 6.42. The number of rotatable bonds is 5. The van der Waals surface area contributed by atoms with Crippen LogP contribution in [-0.4, -0.2) is 11.5 Å². The Balaban J connectivity index is 1.94. The number of nitrogens with one attached hydrogen (secondary N) is 1. The monoisotopic (exact) mass is 298 g/mol. The summed E-state index contributed by atoms with van der Waals surface area (Å²) in [5.74, 6) is -0.888. The first-order chi connectivity index (χ1) is 9.97. The van der Waals surface area contributed by atoms with E-state index < -0.39 is 17.6 Å². The van der Waals surface area contributed by atoms with E-state index in [9.17, 15) is 17.6 Å². The quantitative estimate of drug-likeness (QED) is 0.674. The van der Waals surface area contributed by atoms with E-state index in [4.69, 9.17) is 0 Å². The van der Waals surface area contributed by atoms with Crippen LogP contribution in [0, 0.1) is 5.82 Å². The van der Waals surface area contributed by atoms with E-state index in [0.29, 0.717) is 19.0 Å². The van der Waals surface area contributed by atoms with Gasteiger partial charge in [0.15, 0.2) is 0 Å². The van der Waals surface area contributed by atoms with Crippen molar-refractivity contribution < 1.29 is 17.6 Å². The Bertz CT molecular complexity index is 582. The van der Waals surface area contributed by atoms with Crippen LogP contribution in [0.5, 0.6) is 0 Å². The molecule has 0 fully saturated rings. The number of pyridine rings is 1. The van der Waals surface area contributed by atoms with E-state index in [-0.39, 0.29) is 12.1 Å². The number of hydrogen-bond acceptors (Lipinski definition) is 2. The fourth-order valence-corrected chi connectivity index (χ4v) is 1.97. The van der Waals surface area contributed by atoms with Crippen LogP contribution < -0.4 is 5.32 Å². The van der Waals surface area contributed by atoms with Crippen LogP contribution in [0.25, 0.3) is 0 Å². The normalized spacial score (nSPS) is 11.6. The first kappa shape index (κ1) is 15.4. The molecule has 0 radical (unpaired) electrons. The van der Waals surface area contributed by atoms with Gasteiger partial charge in [-0.1, -0.05) is 12.1 Å². The molecule has 6 heteroatoms. The van der Waals surface area contributed by atoms with Crippen LogP contribution >= 0.6 is 0 Å². The molecule has 1 aromatic carbocycles. The number of halogens is 4. The Morgan fingerprint density at radius 1 is 1.14 bits per heavy atom. The summed E-state index contributed by atoms with van der Waals surface area (Å²) in [7, 11) is 0. The molecule has 0 amide bonds. The van der Waals surface area contributed by atoms with Gasteiger partial charge in [0.1, 0.15) is 5.82 Å². The van der Waals surface area contributed by atoms with Gasteiger partial charge in [-0.3, -0.25) is 4.98 Å². The first-order valence-corrected chi connectivity index (χ1v) is 6.42. The first-order valence-electron chi connectivity index (χ1n) is 6.42. The van der Waals surface area contributed by atoms with Gasteiger partial charge in [-0.05, 0) is 42.3 Å². The number of aromatic nitrogens is 1. The van der Waals surface area contributed by atoms with Crippen molar-refractivity contribution in [3.8, 4) is 0 Å². The predicted octanol–water partition coefficient (Wildman–Crippen LogP) is 3.57. The molecule has 0 spiro atoms. The lowest BCUT2D eigenvalue weighted by Gasteiger charge is -2.13. The molecule has 2 rings (SSSR count). The van der Waals surface area contributed by atoms with Gasteiger partial charge >= 0.3 is 6.18 Å². The zero-order valence-electron chi connectivity index (χ0n) is 11.1. The van der Waals surface area contributed by atoms with Gasteiger partial charge in [0.25, 0.3) is 0 Å². The maximum absolute atomic E-state index is 13.0. The second-order valence-corrected chi connectivity index (χ2v) is 4.59. The average Bonchev–Trinajstić information content (AvgIpc) is 2.45. The molecule has 0 saturated heterocycles. The Morgan fingerprint density at radius 2 is 1.95 bits per heavy atom. The van der Waals surface area contributed by atoms with E-state index in [0.717, 1.165) is 17.7 Å². The number of nitrogens with zero attached hydrogens (tertiary/aromatic N) is 1. The highest BCUT2D eigenvalue weighted by Gasteiger charge is 2.33. The number of alkyl halides is 3. The molecular weight excluding hydrogens is 284 g/mol. The Morgan fingerprint density at radius 3 is 2.62 bits per heavy atom. The van der Waals surface area contributed by atoms with Gasteiger partial charge in [-0.15, -0.1) is 0 Å². The fourth-order valence-electron chi connectivity index (χ4n) is 1.97. The summed E-state index contributed by atoms with van der Waals surface area (Å²) in [6.45, 7) is 0.551. The minimum atomic E-state index is -4.55. The minimum Gasteiger partial charge on any atom is -0.312 e. The molecule has 1 heterocycles. The lowest BCUT2D eigenvalue weighted by atomic mass is 10.1. The molecule has 0 bridgehead atoms. The van der Waals surface area contributed by atoms with Gasteiger partial charge in [-0.25, -0.2) is 4.39 Å². The summed E-state index contributed by atoms with van der Waals surface area (Å²) >= 11 is 0. The van der Waals surface area contributed by atoms with Gasteiger partial charge in [0.05, 0.1) is 5.56 Å². The summed E-state index contributed by atoms with van der Waals surface area (Å²) < 4.78 is 51.4. The molecule has 0 unspecified atom stereocenters. The van der Waals surface area contributed by atoms with Crippen LogP contribution in [0.3, 0.4) is 0 Å². The molecule has 1 aromatic heterocycles. The van der Waals surface area contributed by atoms with Gasteiger partial charge in [0, 0.05) is 18.9 Å². The van der Waals surface area contributed by atoms with Crippen LogP contribution in [0.4, 0.5) is 17.6 Å². The van der Waals surface area contributed by atoms with Crippen LogP contribution in [0.15, 0.2) is 42.7 Å². The van der Waals surface area contributed by atoms with Gasteiger partial charge in [-0.2, -0.15) is 13.2 Å². The van der Waals surface area contributed by atoms with Crippen LogP contribution in [-0.2, 0) is 19.1 Å². The highest BCUT2D eigenvalue weighted by atomic mass is 19.4. The minimum absolute atomic E-state index is 0.0371. The SMILES string of the molecule is Fc1ccc(CNCCc2cccnc2)c(C(F)(F)F)c1. The van der Waals surface area contributed by atoms with Crippen molar-refractivity contribution in [1.29, 1.82) is 0 Å². The standard InChI is InChI=1S/C15H14F4N2/c16-13-4-3-12(14(8-13)15(17,18)19)10-21-7-5-11-2-1-6-20-9-11/h1-4,6,8-9,21H,5,7,10H2. The lowest BCUT2D eigenvalue weighted by Crippen LogP contribution is -2.20. The molecular formula is C15H14F4N2. The van der Waals surface area contributed by atoms with E-state index in [1.807, 2.05) is 6.07 Å². The molecule has 0 aliphatic rings.